The van der Waals surface area contributed by atoms with Crippen LogP contribution in [-0.2, 0) is 13.1 Å². The molecule has 0 spiro atoms. The van der Waals surface area contributed by atoms with Gasteiger partial charge in [0.2, 0.25) is 0 Å². The molecule has 0 saturated heterocycles. The fourth-order valence-corrected chi connectivity index (χ4v) is 3.68. The standard InChI is InChI=1S/C25H25FN4O3/c1-15(2)16(3)33-22-10-5-17(11-27)24(32-4)23(22)25(31)29-12-18-13-30(28-21(18)14-29)20-8-6-19(26)7-9-20/h5-10,13,15-16H,12,14H2,1-4H3. The Kier molecular flexibility index (Phi) is 6.05. The Morgan fingerprint density at radius 3 is 2.48 bits per heavy atom. The van der Waals surface area contributed by atoms with E-state index in [1.165, 1.54) is 19.2 Å². The minimum absolute atomic E-state index is 0.136. The van der Waals surface area contributed by atoms with E-state index in [-0.39, 0.29) is 40.6 Å². The van der Waals surface area contributed by atoms with Crippen molar-refractivity contribution in [1.29, 1.82) is 5.26 Å². The van der Waals surface area contributed by atoms with Gasteiger partial charge in [0.15, 0.2) is 5.75 Å². The van der Waals surface area contributed by atoms with E-state index in [4.69, 9.17) is 9.47 Å². The lowest BCUT2D eigenvalue weighted by Crippen LogP contribution is -2.28. The van der Waals surface area contributed by atoms with E-state index in [0.29, 0.717) is 18.8 Å². The molecule has 33 heavy (non-hydrogen) atoms. The van der Waals surface area contributed by atoms with Crippen molar-refractivity contribution in [1.82, 2.24) is 14.7 Å². The van der Waals surface area contributed by atoms with Gasteiger partial charge in [0, 0.05) is 18.3 Å². The van der Waals surface area contributed by atoms with Gasteiger partial charge in [-0.15, -0.1) is 0 Å². The molecule has 1 unspecified atom stereocenters. The van der Waals surface area contributed by atoms with Crippen LogP contribution < -0.4 is 9.47 Å². The topological polar surface area (TPSA) is 80.4 Å². The van der Waals surface area contributed by atoms with Crippen molar-refractivity contribution in [3.63, 3.8) is 0 Å². The zero-order chi connectivity index (χ0) is 23.7. The smallest absolute Gasteiger partial charge is 0.262 e. The Bertz CT molecular complexity index is 1200. The van der Waals surface area contributed by atoms with E-state index in [1.54, 1.807) is 33.8 Å². The highest BCUT2D eigenvalue weighted by molar-refractivity contribution is 6.00. The number of ether oxygens (including phenoxy) is 2. The van der Waals surface area contributed by atoms with Crippen LogP contribution in [0, 0.1) is 23.1 Å². The molecule has 0 aliphatic carbocycles. The summed E-state index contributed by atoms with van der Waals surface area (Å²) in [6, 6.07) is 11.4. The first-order chi connectivity index (χ1) is 15.8. The van der Waals surface area contributed by atoms with Crippen LogP contribution in [0.1, 0.15) is 48.0 Å². The molecule has 0 N–H and O–H groups in total. The quantitative estimate of drug-likeness (QED) is 0.556. The lowest BCUT2D eigenvalue weighted by molar-refractivity contribution is 0.0735. The number of nitriles is 1. The normalized spacial score (nSPS) is 13.5. The average Bonchev–Trinajstić information content (AvgIpc) is 3.38. The lowest BCUT2D eigenvalue weighted by atomic mass is 10.1. The second kappa shape index (κ2) is 8.94. The Balaban J connectivity index is 1.63. The summed E-state index contributed by atoms with van der Waals surface area (Å²) < 4.78 is 26.5. The molecule has 1 aromatic heterocycles. The molecular weight excluding hydrogens is 423 g/mol. The van der Waals surface area contributed by atoms with Gasteiger partial charge in [0.25, 0.3) is 5.91 Å². The summed E-state index contributed by atoms with van der Waals surface area (Å²) in [6.45, 7) is 6.67. The summed E-state index contributed by atoms with van der Waals surface area (Å²) in [5, 5.41) is 14.1. The molecule has 0 fully saturated rings. The van der Waals surface area contributed by atoms with Crippen molar-refractivity contribution in [3.8, 4) is 23.3 Å². The molecule has 1 aliphatic rings. The minimum Gasteiger partial charge on any atom is -0.494 e. The molecule has 0 radical (unpaired) electrons. The van der Waals surface area contributed by atoms with Gasteiger partial charge >= 0.3 is 0 Å². The monoisotopic (exact) mass is 448 g/mol. The van der Waals surface area contributed by atoms with Gasteiger partial charge in [0.1, 0.15) is 23.2 Å². The second-order valence-electron chi connectivity index (χ2n) is 8.38. The number of rotatable bonds is 6. The van der Waals surface area contributed by atoms with Crippen molar-refractivity contribution in [2.24, 2.45) is 5.92 Å². The van der Waals surface area contributed by atoms with Gasteiger partial charge < -0.3 is 14.4 Å². The maximum atomic E-state index is 13.6. The molecule has 7 nitrogen and oxygen atoms in total. The predicted octanol–water partition coefficient (Wildman–Crippen LogP) is 4.47. The zero-order valence-corrected chi connectivity index (χ0v) is 19.0. The summed E-state index contributed by atoms with van der Waals surface area (Å²) in [6.07, 6.45) is 1.71. The maximum absolute atomic E-state index is 13.6. The SMILES string of the molecule is COc1c(C#N)ccc(OC(C)C(C)C)c1C(=O)N1Cc2cn(-c3ccc(F)cc3)nc2C1. The third kappa shape index (κ3) is 4.27. The summed E-state index contributed by atoms with van der Waals surface area (Å²) in [5.74, 6) is 0.224. The first kappa shape index (κ1) is 22.3. The first-order valence-electron chi connectivity index (χ1n) is 10.7. The number of nitrogens with zero attached hydrogens (tertiary/aromatic N) is 4. The summed E-state index contributed by atoms with van der Waals surface area (Å²) in [7, 11) is 1.44. The van der Waals surface area contributed by atoms with Crippen LogP contribution in [0.4, 0.5) is 4.39 Å². The molecular formula is C25H25FN4O3. The number of hydrogen-bond donors (Lipinski definition) is 0. The Hall–Kier alpha value is -3.86. The van der Waals surface area contributed by atoms with Crippen molar-refractivity contribution in [3.05, 3.63) is 70.8 Å². The van der Waals surface area contributed by atoms with Crippen LogP contribution >= 0.6 is 0 Å². The summed E-state index contributed by atoms with van der Waals surface area (Å²) >= 11 is 0. The Morgan fingerprint density at radius 2 is 1.88 bits per heavy atom. The van der Waals surface area contributed by atoms with Gasteiger partial charge in [-0.05, 0) is 49.2 Å². The lowest BCUT2D eigenvalue weighted by Gasteiger charge is -2.24. The van der Waals surface area contributed by atoms with Crippen LogP contribution in [0.3, 0.4) is 0 Å². The second-order valence-corrected chi connectivity index (χ2v) is 8.38. The van der Waals surface area contributed by atoms with Gasteiger partial charge in [0.05, 0.1) is 36.7 Å². The fraction of sp³-hybridized carbons (Fsp3) is 0.320. The van der Waals surface area contributed by atoms with E-state index in [2.05, 4.69) is 11.2 Å². The van der Waals surface area contributed by atoms with E-state index < -0.39 is 0 Å². The molecule has 8 heteroatoms. The van der Waals surface area contributed by atoms with Crippen molar-refractivity contribution < 1.29 is 18.7 Å². The van der Waals surface area contributed by atoms with Crippen LogP contribution in [-0.4, -0.2) is 33.8 Å². The van der Waals surface area contributed by atoms with Gasteiger partial charge in [-0.2, -0.15) is 10.4 Å². The van der Waals surface area contributed by atoms with Crippen LogP contribution in [0.5, 0.6) is 11.5 Å². The number of aromatic nitrogens is 2. The molecule has 1 aliphatic heterocycles. The number of halogens is 1. The molecule has 3 aromatic rings. The Morgan fingerprint density at radius 1 is 1.15 bits per heavy atom. The molecule has 0 saturated carbocycles. The Labute approximate surface area is 192 Å². The van der Waals surface area contributed by atoms with Crippen molar-refractivity contribution in [2.75, 3.05) is 7.11 Å². The number of carbonyl (C=O) groups is 1. The van der Waals surface area contributed by atoms with E-state index in [9.17, 15) is 14.4 Å². The number of hydrogen-bond acceptors (Lipinski definition) is 5. The number of amides is 1. The number of benzene rings is 2. The van der Waals surface area contributed by atoms with E-state index in [0.717, 1.165) is 16.9 Å². The van der Waals surface area contributed by atoms with Crippen molar-refractivity contribution in [2.45, 2.75) is 40.0 Å². The fourth-order valence-electron chi connectivity index (χ4n) is 3.68. The number of methoxy groups -OCH3 is 1. The number of fused-ring (bicyclic) bond motifs is 1. The van der Waals surface area contributed by atoms with Crippen LogP contribution in [0.25, 0.3) is 5.69 Å². The van der Waals surface area contributed by atoms with Gasteiger partial charge in [-0.3, -0.25) is 4.79 Å². The predicted molar refractivity (Wildman–Crippen MR) is 120 cm³/mol. The van der Waals surface area contributed by atoms with Crippen LogP contribution in [0.2, 0.25) is 0 Å². The van der Waals surface area contributed by atoms with Crippen molar-refractivity contribution >= 4 is 5.91 Å². The van der Waals surface area contributed by atoms with E-state index >= 15 is 0 Å². The van der Waals surface area contributed by atoms with Gasteiger partial charge in [-0.25, -0.2) is 9.07 Å². The highest BCUT2D eigenvalue weighted by Crippen LogP contribution is 2.36. The highest BCUT2D eigenvalue weighted by Gasteiger charge is 2.32. The maximum Gasteiger partial charge on any atom is 0.262 e. The van der Waals surface area contributed by atoms with E-state index in [1.807, 2.05) is 27.0 Å². The summed E-state index contributed by atoms with van der Waals surface area (Å²) in [5.41, 5.74) is 2.91. The molecule has 2 heterocycles. The molecule has 4 rings (SSSR count). The highest BCUT2D eigenvalue weighted by atomic mass is 19.1. The molecule has 2 aromatic carbocycles. The molecule has 0 bridgehead atoms. The largest absolute Gasteiger partial charge is 0.494 e. The average molecular weight is 448 g/mol. The molecule has 1 amide bonds. The van der Waals surface area contributed by atoms with Gasteiger partial charge in [-0.1, -0.05) is 13.8 Å². The minimum atomic E-state index is -0.312. The molecule has 170 valence electrons. The first-order valence-corrected chi connectivity index (χ1v) is 10.7. The third-order valence-corrected chi connectivity index (χ3v) is 5.87. The zero-order valence-electron chi connectivity index (χ0n) is 19.0. The molecule has 1 atom stereocenters. The summed E-state index contributed by atoms with van der Waals surface area (Å²) in [4.78, 5) is 15.3. The number of carbonyl (C=O) groups excluding carboxylic acids is 1. The third-order valence-electron chi connectivity index (χ3n) is 5.87. The van der Waals surface area contributed by atoms with Crippen LogP contribution in [0.15, 0.2) is 42.6 Å².